The Kier molecular flexibility index (Phi) is 4.47. The number of hydrogen-bond acceptors (Lipinski definition) is 1. The van der Waals surface area contributed by atoms with E-state index in [9.17, 15) is 13.2 Å². The molecule has 0 aliphatic heterocycles. The van der Waals surface area contributed by atoms with E-state index in [0.29, 0.717) is 5.56 Å². The number of rotatable bonds is 3. The summed E-state index contributed by atoms with van der Waals surface area (Å²) in [6.07, 6.45) is -5.23. The third kappa shape index (κ3) is 3.54. The van der Waals surface area contributed by atoms with Gasteiger partial charge in [-0.15, -0.1) is 0 Å². The lowest BCUT2D eigenvalue weighted by molar-refractivity contribution is -0.140. The fourth-order valence-corrected chi connectivity index (χ4v) is 1.83. The van der Waals surface area contributed by atoms with Crippen molar-refractivity contribution < 1.29 is 13.2 Å². The van der Waals surface area contributed by atoms with Gasteiger partial charge in [0.1, 0.15) is 0 Å². The predicted octanol–water partition coefficient (Wildman–Crippen LogP) is 4.21. The van der Waals surface area contributed by atoms with Gasteiger partial charge in [0.25, 0.3) is 0 Å². The average Bonchev–Trinajstić information content (AvgIpc) is 2.18. The van der Waals surface area contributed by atoms with Gasteiger partial charge in [-0.25, -0.2) is 0 Å². The molecule has 1 aromatic carbocycles. The fraction of sp³-hybridized carbons (Fsp3) is 0.400. The Labute approximate surface area is 102 Å². The summed E-state index contributed by atoms with van der Waals surface area (Å²) in [4.78, 5) is 0. The van der Waals surface area contributed by atoms with Crippen LogP contribution in [0.4, 0.5) is 13.2 Å². The van der Waals surface area contributed by atoms with Crippen LogP contribution in [-0.2, 0) is 0 Å². The summed E-state index contributed by atoms with van der Waals surface area (Å²) in [7, 11) is 1.45. The number of halogens is 5. The molecular formula is C10H10Cl2F3N. The standard InChI is InChI=1S/C10H10Cl2F3N/c1-16-8(5-10(13,14)15)6-3-2-4-7(11)9(6)12/h2-4,8,16H,5H2,1H3. The maximum absolute atomic E-state index is 12.3. The molecule has 1 rings (SSSR count). The molecule has 1 aromatic rings. The second-order valence-electron chi connectivity index (χ2n) is 3.30. The first-order valence-electron chi connectivity index (χ1n) is 4.53. The van der Waals surface area contributed by atoms with Crippen LogP contribution in [0.1, 0.15) is 18.0 Å². The van der Waals surface area contributed by atoms with Gasteiger partial charge in [0.05, 0.1) is 16.5 Å². The van der Waals surface area contributed by atoms with Crippen molar-refractivity contribution in [2.75, 3.05) is 7.05 Å². The summed E-state index contributed by atoms with van der Waals surface area (Å²) >= 11 is 11.6. The second kappa shape index (κ2) is 5.25. The lowest BCUT2D eigenvalue weighted by Gasteiger charge is -2.19. The fourth-order valence-electron chi connectivity index (χ4n) is 1.39. The number of benzene rings is 1. The lowest BCUT2D eigenvalue weighted by Crippen LogP contribution is -2.24. The Morgan fingerprint density at radius 2 is 1.94 bits per heavy atom. The zero-order valence-electron chi connectivity index (χ0n) is 8.41. The Balaban J connectivity index is 3.00. The van der Waals surface area contributed by atoms with E-state index in [1.807, 2.05) is 0 Å². The van der Waals surface area contributed by atoms with Crippen LogP contribution >= 0.6 is 23.2 Å². The van der Waals surface area contributed by atoms with Crippen molar-refractivity contribution in [2.45, 2.75) is 18.6 Å². The number of alkyl halides is 3. The van der Waals surface area contributed by atoms with Gasteiger partial charge >= 0.3 is 6.18 Å². The highest BCUT2D eigenvalue weighted by Gasteiger charge is 2.32. The van der Waals surface area contributed by atoms with E-state index in [1.165, 1.54) is 19.2 Å². The molecule has 0 fully saturated rings. The molecule has 6 heteroatoms. The maximum Gasteiger partial charge on any atom is 0.390 e. The maximum atomic E-state index is 12.3. The van der Waals surface area contributed by atoms with Gasteiger partial charge in [0, 0.05) is 6.04 Å². The summed E-state index contributed by atoms with van der Waals surface area (Å²) in [6.45, 7) is 0. The summed E-state index contributed by atoms with van der Waals surface area (Å²) in [5.41, 5.74) is 0.356. The highest BCUT2D eigenvalue weighted by atomic mass is 35.5. The van der Waals surface area contributed by atoms with Crippen LogP contribution in [0.2, 0.25) is 10.0 Å². The highest BCUT2D eigenvalue weighted by molar-refractivity contribution is 6.42. The van der Waals surface area contributed by atoms with Crippen LogP contribution in [0.25, 0.3) is 0 Å². The van der Waals surface area contributed by atoms with Crippen molar-refractivity contribution >= 4 is 23.2 Å². The third-order valence-corrected chi connectivity index (χ3v) is 2.97. The first kappa shape index (κ1) is 13.6. The zero-order valence-corrected chi connectivity index (χ0v) is 9.92. The van der Waals surface area contributed by atoms with Crippen LogP contribution in [-0.4, -0.2) is 13.2 Å². The van der Waals surface area contributed by atoms with Crippen molar-refractivity contribution in [3.05, 3.63) is 33.8 Å². The van der Waals surface area contributed by atoms with Gasteiger partial charge in [0.2, 0.25) is 0 Å². The first-order chi connectivity index (χ1) is 7.35. The van der Waals surface area contributed by atoms with Gasteiger partial charge in [-0.05, 0) is 18.7 Å². The predicted molar refractivity (Wildman–Crippen MR) is 58.9 cm³/mol. The van der Waals surface area contributed by atoms with Gasteiger partial charge in [-0.2, -0.15) is 13.2 Å². The molecule has 1 unspecified atom stereocenters. The lowest BCUT2D eigenvalue weighted by atomic mass is 10.0. The summed E-state index contributed by atoms with van der Waals surface area (Å²) in [5, 5.41) is 2.99. The molecule has 0 saturated carbocycles. The molecule has 0 spiro atoms. The van der Waals surface area contributed by atoms with Crippen LogP contribution in [0.15, 0.2) is 18.2 Å². The smallest absolute Gasteiger partial charge is 0.313 e. The summed E-state index contributed by atoms with van der Waals surface area (Å²) in [6, 6.07) is 3.75. The molecule has 0 amide bonds. The second-order valence-corrected chi connectivity index (χ2v) is 4.09. The first-order valence-corrected chi connectivity index (χ1v) is 5.28. The van der Waals surface area contributed by atoms with Crippen LogP contribution in [0.3, 0.4) is 0 Å². The largest absolute Gasteiger partial charge is 0.390 e. The van der Waals surface area contributed by atoms with Crippen molar-refractivity contribution in [1.82, 2.24) is 5.32 Å². The molecule has 1 nitrogen and oxygen atoms in total. The molecule has 90 valence electrons. The van der Waals surface area contributed by atoms with E-state index in [2.05, 4.69) is 5.32 Å². The summed E-state index contributed by atoms with van der Waals surface area (Å²) < 4.78 is 36.9. The van der Waals surface area contributed by atoms with Crippen molar-refractivity contribution in [1.29, 1.82) is 0 Å². The molecule has 0 aliphatic carbocycles. The van der Waals surface area contributed by atoms with E-state index in [1.54, 1.807) is 6.07 Å². The van der Waals surface area contributed by atoms with Crippen LogP contribution < -0.4 is 5.32 Å². The molecule has 0 radical (unpaired) electrons. The van der Waals surface area contributed by atoms with Gasteiger partial charge in [0.15, 0.2) is 0 Å². The molecule has 0 saturated heterocycles. The minimum atomic E-state index is -4.25. The monoisotopic (exact) mass is 271 g/mol. The Morgan fingerprint density at radius 1 is 1.31 bits per heavy atom. The van der Waals surface area contributed by atoms with Crippen LogP contribution in [0, 0.1) is 0 Å². The number of hydrogen-bond donors (Lipinski definition) is 1. The molecule has 16 heavy (non-hydrogen) atoms. The van der Waals surface area contributed by atoms with E-state index < -0.39 is 18.6 Å². The molecule has 0 bridgehead atoms. The van der Waals surface area contributed by atoms with Crippen LogP contribution in [0.5, 0.6) is 0 Å². The summed E-state index contributed by atoms with van der Waals surface area (Å²) in [5.74, 6) is 0. The van der Waals surface area contributed by atoms with Gasteiger partial charge < -0.3 is 5.32 Å². The van der Waals surface area contributed by atoms with E-state index in [4.69, 9.17) is 23.2 Å². The highest BCUT2D eigenvalue weighted by Crippen LogP contribution is 2.35. The Bertz CT molecular complexity index is 366. The van der Waals surface area contributed by atoms with Crippen molar-refractivity contribution in [2.24, 2.45) is 0 Å². The van der Waals surface area contributed by atoms with Gasteiger partial charge in [-0.1, -0.05) is 35.3 Å². The van der Waals surface area contributed by atoms with E-state index in [-0.39, 0.29) is 10.0 Å². The average molecular weight is 272 g/mol. The van der Waals surface area contributed by atoms with Crippen molar-refractivity contribution in [3.8, 4) is 0 Å². The normalized spacial score (nSPS) is 13.9. The minimum absolute atomic E-state index is 0.160. The molecule has 0 aromatic heterocycles. The van der Waals surface area contributed by atoms with E-state index in [0.717, 1.165) is 0 Å². The van der Waals surface area contributed by atoms with Gasteiger partial charge in [-0.3, -0.25) is 0 Å². The molecule has 0 aliphatic rings. The molecule has 0 heterocycles. The molecule has 1 N–H and O–H groups in total. The zero-order chi connectivity index (χ0) is 12.3. The van der Waals surface area contributed by atoms with Crippen molar-refractivity contribution in [3.63, 3.8) is 0 Å². The molecule has 1 atom stereocenters. The molecular weight excluding hydrogens is 262 g/mol. The Morgan fingerprint density at radius 3 is 2.44 bits per heavy atom. The quantitative estimate of drug-likeness (QED) is 0.869. The SMILES string of the molecule is CNC(CC(F)(F)F)c1cccc(Cl)c1Cl. The minimum Gasteiger partial charge on any atom is -0.313 e. The third-order valence-electron chi connectivity index (χ3n) is 2.14. The number of nitrogens with one attached hydrogen (secondary N) is 1. The Hall–Kier alpha value is -0.450. The van der Waals surface area contributed by atoms with E-state index >= 15 is 0 Å². The topological polar surface area (TPSA) is 12.0 Å².